The molecule has 0 aliphatic heterocycles. The van der Waals surface area contributed by atoms with Crippen LogP contribution in [0.2, 0.25) is 0 Å². The number of hydrogen-bond donors (Lipinski definition) is 2. The van der Waals surface area contributed by atoms with Crippen molar-refractivity contribution in [2.24, 2.45) is 0 Å². The first-order valence-electron chi connectivity index (χ1n) is 15.2. The molecule has 2 N–H and O–H groups in total. The third-order valence-electron chi connectivity index (χ3n) is 6.86. The van der Waals surface area contributed by atoms with Gasteiger partial charge in [0.15, 0.2) is 0 Å². The van der Waals surface area contributed by atoms with Gasteiger partial charge in [-0.1, -0.05) is 61.9 Å². The highest BCUT2D eigenvalue weighted by atomic mass is 32.2. The molecule has 0 radical (unpaired) electrons. The van der Waals surface area contributed by atoms with Crippen LogP contribution in [0.3, 0.4) is 0 Å². The van der Waals surface area contributed by atoms with Crippen molar-refractivity contribution in [2.75, 3.05) is 31.0 Å². The van der Waals surface area contributed by atoms with Gasteiger partial charge in [0.25, 0.3) is 5.91 Å². The predicted molar refractivity (Wildman–Crippen MR) is 177 cm³/mol. The Labute approximate surface area is 262 Å². The highest BCUT2D eigenvalue weighted by Gasteiger charge is 2.36. The van der Waals surface area contributed by atoms with Gasteiger partial charge in [-0.05, 0) is 89.3 Å². The maximum Gasteiger partial charge on any atom is 0.408 e. The summed E-state index contributed by atoms with van der Waals surface area (Å²) in [5.41, 5.74) is 2.61. The van der Waals surface area contributed by atoms with Crippen LogP contribution in [-0.4, -0.2) is 60.1 Å². The number of hydrogen-bond acceptors (Lipinski definition) is 6. The second-order valence-electron chi connectivity index (χ2n) is 12.0. The molecule has 9 heteroatoms. The van der Waals surface area contributed by atoms with Crippen LogP contribution in [0.1, 0.15) is 89.0 Å². The summed E-state index contributed by atoms with van der Waals surface area (Å²) < 4.78 is 10.8. The summed E-state index contributed by atoms with van der Waals surface area (Å²) in [6, 6.07) is 11.3. The Kier molecular flexibility index (Phi) is 14.9. The molecule has 0 aromatic heterocycles. The number of amides is 3. The summed E-state index contributed by atoms with van der Waals surface area (Å²) in [7, 11) is 1.59. The number of rotatable bonds is 16. The van der Waals surface area contributed by atoms with E-state index in [2.05, 4.69) is 17.6 Å². The van der Waals surface area contributed by atoms with E-state index >= 15 is 0 Å². The minimum Gasteiger partial charge on any atom is -0.497 e. The number of benzene rings is 2. The SMILES string of the molecule is CCCCCCCN(C(=O)C(CCSC)NC(=O)OC(C)(C)C)C(C(=O)Nc1ccc(OC)cc1)c1cc(C)cc(C)c1. The Bertz CT molecular complexity index is 1160. The zero-order valence-electron chi connectivity index (χ0n) is 27.2. The standard InChI is InChI=1S/C34H51N3O5S/c1-9-10-11-12-13-19-37(32(39)29(18-20-43-8)36-33(40)42-34(4,5)6)30(26-22-24(2)21-25(3)23-26)31(38)35-27-14-16-28(41-7)17-15-27/h14-17,21-23,29-30H,9-13,18-20H2,1-8H3,(H,35,38)(H,36,40). The van der Waals surface area contributed by atoms with Crippen molar-refractivity contribution in [3.63, 3.8) is 0 Å². The Hall–Kier alpha value is -3.20. The molecule has 0 fully saturated rings. The van der Waals surface area contributed by atoms with E-state index in [-0.39, 0.29) is 11.8 Å². The second-order valence-corrected chi connectivity index (χ2v) is 13.0. The number of thioether (sulfide) groups is 1. The summed E-state index contributed by atoms with van der Waals surface area (Å²) in [6.45, 7) is 11.9. The number of anilines is 1. The molecule has 0 aliphatic rings. The molecule has 2 aromatic carbocycles. The van der Waals surface area contributed by atoms with Crippen LogP contribution in [0, 0.1) is 13.8 Å². The zero-order chi connectivity index (χ0) is 32.0. The van der Waals surface area contributed by atoms with Gasteiger partial charge >= 0.3 is 6.09 Å². The van der Waals surface area contributed by atoms with Gasteiger partial charge in [-0.15, -0.1) is 0 Å². The van der Waals surface area contributed by atoms with E-state index in [1.807, 2.05) is 38.3 Å². The topological polar surface area (TPSA) is 97.0 Å². The summed E-state index contributed by atoms with van der Waals surface area (Å²) in [5, 5.41) is 5.84. The molecule has 2 aromatic rings. The van der Waals surface area contributed by atoms with Gasteiger partial charge in [0.05, 0.1) is 7.11 Å². The van der Waals surface area contributed by atoms with Crippen molar-refractivity contribution >= 4 is 35.4 Å². The maximum atomic E-state index is 14.4. The summed E-state index contributed by atoms with van der Waals surface area (Å²) in [4.78, 5) is 43.1. The second kappa shape index (κ2) is 17.8. The lowest BCUT2D eigenvalue weighted by Crippen LogP contribution is -2.52. The molecule has 0 saturated carbocycles. The van der Waals surface area contributed by atoms with Crippen LogP contribution in [-0.2, 0) is 14.3 Å². The number of carbonyl (C=O) groups is 3. The fraction of sp³-hybridized carbons (Fsp3) is 0.559. The molecule has 3 amide bonds. The predicted octanol–water partition coefficient (Wildman–Crippen LogP) is 7.44. The van der Waals surface area contributed by atoms with Crippen LogP contribution in [0.5, 0.6) is 5.75 Å². The van der Waals surface area contributed by atoms with Crippen molar-refractivity contribution < 1.29 is 23.9 Å². The Balaban J connectivity index is 2.55. The van der Waals surface area contributed by atoms with Gasteiger partial charge in [0.1, 0.15) is 23.4 Å². The van der Waals surface area contributed by atoms with E-state index in [1.54, 1.807) is 68.8 Å². The molecule has 43 heavy (non-hydrogen) atoms. The number of unbranched alkanes of at least 4 members (excludes halogenated alkanes) is 4. The van der Waals surface area contributed by atoms with E-state index in [0.717, 1.165) is 48.8 Å². The first-order valence-corrected chi connectivity index (χ1v) is 16.6. The number of methoxy groups -OCH3 is 1. The van der Waals surface area contributed by atoms with Gasteiger partial charge in [0.2, 0.25) is 5.91 Å². The third-order valence-corrected chi connectivity index (χ3v) is 7.51. The fourth-order valence-electron chi connectivity index (χ4n) is 4.92. The molecule has 2 rings (SSSR count). The van der Waals surface area contributed by atoms with Gasteiger partial charge in [0, 0.05) is 12.2 Å². The number of nitrogens with one attached hydrogen (secondary N) is 2. The van der Waals surface area contributed by atoms with E-state index in [1.165, 1.54) is 0 Å². The lowest BCUT2D eigenvalue weighted by molar-refractivity contribution is -0.141. The first kappa shape index (κ1) is 36.0. The van der Waals surface area contributed by atoms with Crippen molar-refractivity contribution in [1.82, 2.24) is 10.2 Å². The van der Waals surface area contributed by atoms with E-state index in [4.69, 9.17) is 9.47 Å². The van der Waals surface area contributed by atoms with E-state index in [0.29, 0.717) is 30.2 Å². The van der Waals surface area contributed by atoms with Crippen molar-refractivity contribution in [3.05, 3.63) is 59.2 Å². The lowest BCUT2D eigenvalue weighted by atomic mass is 9.97. The third kappa shape index (κ3) is 12.5. The zero-order valence-corrected chi connectivity index (χ0v) is 28.1. The van der Waals surface area contributed by atoms with Crippen LogP contribution < -0.4 is 15.4 Å². The van der Waals surface area contributed by atoms with Crippen molar-refractivity contribution in [1.29, 1.82) is 0 Å². The van der Waals surface area contributed by atoms with E-state index < -0.39 is 23.8 Å². The number of carbonyl (C=O) groups excluding carboxylic acids is 3. The van der Waals surface area contributed by atoms with Gasteiger partial charge in [-0.2, -0.15) is 11.8 Å². The molecule has 2 unspecified atom stereocenters. The molecular weight excluding hydrogens is 562 g/mol. The molecule has 0 heterocycles. The minimum atomic E-state index is -0.906. The number of nitrogens with zero attached hydrogens (tertiary/aromatic N) is 1. The van der Waals surface area contributed by atoms with Gasteiger partial charge in [-0.3, -0.25) is 9.59 Å². The Morgan fingerprint density at radius 3 is 2.14 bits per heavy atom. The quantitative estimate of drug-likeness (QED) is 0.191. The monoisotopic (exact) mass is 613 g/mol. The van der Waals surface area contributed by atoms with Gasteiger partial charge < -0.3 is 25.0 Å². The molecule has 0 saturated heterocycles. The highest BCUT2D eigenvalue weighted by molar-refractivity contribution is 7.98. The van der Waals surface area contributed by atoms with E-state index in [9.17, 15) is 14.4 Å². The van der Waals surface area contributed by atoms with Crippen molar-refractivity contribution in [2.45, 2.75) is 97.8 Å². The number of ether oxygens (including phenoxy) is 2. The maximum absolute atomic E-state index is 14.4. The highest BCUT2D eigenvalue weighted by Crippen LogP contribution is 2.28. The van der Waals surface area contributed by atoms with Crippen LogP contribution >= 0.6 is 11.8 Å². The molecular formula is C34H51N3O5S. The first-order chi connectivity index (χ1) is 20.4. The molecule has 0 aliphatic carbocycles. The Morgan fingerprint density at radius 2 is 1.58 bits per heavy atom. The van der Waals surface area contributed by atoms with Crippen LogP contribution in [0.15, 0.2) is 42.5 Å². The van der Waals surface area contributed by atoms with Crippen LogP contribution in [0.25, 0.3) is 0 Å². The molecule has 0 spiro atoms. The molecule has 2 atom stereocenters. The smallest absolute Gasteiger partial charge is 0.408 e. The average Bonchev–Trinajstić information content (AvgIpc) is 2.93. The normalized spacial score (nSPS) is 12.7. The summed E-state index contributed by atoms with van der Waals surface area (Å²) in [6.07, 6.45) is 6.66. The van der Waals surface area contributed by atoms with Crippen molar-refractivity contribution in [3.8, 4) is 5.75 Å². The lowest BCUT2D eigenvalue weighted by Gasteiger charge is -2.35. The molecule has 8 nitrogen and oxygen atoms in total. The fourth-order valence-corrected chi connectivity index (χ4v) is 5.39. The van der Waals surface area contributed by atoms with Crippen LogP contribution in [0.4, 0.5) is 10.5 Å². The largest absolute Gasteiger partial charge is 0.497 e. The Morgan fingerprint density at radius 1 is 0.953 bits per heavy atom. The number of aryl methyl sites for hydroxylation is 2. The molecule has 238 valence electrons. The summed E-state index contributed by atoms with van der Waals surface area (Å²) in [5.74, 6) is 0.711. The number of alkyl carbamates (subject to hydrolysis) is 1. The van der Waals surface area contributed by atoms with Gasteiger partial charge in [-0.25, -0.2) is 4.79 Å². The summed E-state index contributed by atoms with van der Waals surface area (Å²) >= 11 is 1.59. The minimum absolute atomic E-state index is 0.301. The average molecular weight is 614 g/mol. The molecule has 0 bridgehead atoms.